The molecule has 2 aromatic rings. The molecule has 2 nitrogen and oxygen atoms in total. The topological polar surface area (TPSA) is 24.9 Å². The van der Waals surface area contributed by atoms with E-state index in [4.69, 9.17) is 0 Å². The van der Waals surface area contributed by atoms with Crippen molar-refractivity contribution >= 4 is 22.6 Å². The summed E-state index contributed by atoms with van der Waals surface area (Å²) in [7, 11) is 2.01. The predicted molar refractivity (Wildman–Crippen MR) is 83.6 cm³/mol. The van der Waals surface area contributed by atoms with Gasteiger partial charge in [0.25, 0.3) is 0 Å². The number of likely N-dealkylation sites (N-methyl/N-ethyl adjacent to an activating group) is 1. The smallest absolute Gasteiger partial charge is 0.0362 e. The fraction of sp³-hybridized carbons (Fsp3) is 0.267. The molecule has 18 heavy (non-hydrogen) atoms. The molecule has 1 aromatic carbocycles. The normalized spacial score (nSPS) is 12.4. The maximum absolute atomic E-state index is 4.15. The number of nitrogens with zero attached hydrogens (tertiary/aromatic N) is 1. The molecule has 0 radical (unpaired) electrons. The van der Waals surface area contributed by atoms with Crippen molar-refractivity contribution in [3.8, 4) is 0 Å². The number of pyridine rings is 1. The number of rotatable bonds is 4. The van der Waals surface area contributed by atoms with Crippen molar-refractivity contribution in [3.05, 3.63) is 63.0 Å². The minimum Gasteiger partial charge on any atom is -0.313 e. The van der Waals surface area contributed by atoms with Gasteiger partial charge in [0, 0.05) is 22.0 Å². The number of nitrogens with one attached hydrogen (secondary N) is 1. The third-order valence-electron chi connectivity index (χ3n) is 3.14. The Kier molecular flexibility index (Phi) is 4.72. The van der Waals surface area contributed by atoms with Crippen LogP contribution in [0.25, 0.3) is 0 Å². The zero-order valence-electron chi connectivity index (χ0n) is 10.7. The van der Waals surface area contributed by atoms with Crippen LogP contribution in [0.5, 0.6) is 0 Å². The molecule has 0 bridgehead atoms. The minimum absolute atomic E-state index is 0.341. The molecule has 0 saturated heterocycles. The Morgan fingerprint density at radius 2 is 1.94 bits per heavy atom. The van der Waals surface area contributed by atoms with Crippen LogP contribution >= 0.6 is 22.6 Å². The molecule has 1 N–H and O–H groups in total. The lowest BCUT2D eigenvalue weighted by Crippen LogP contribution is -2.19. The highest BCUT2D eigenvalue weighted by atomic mass is 127. The lowest BCUT2D eigenvalue weighted by Gasteiger charge is -2.18. The Bertz CT molecular complexity index is 508. The summed E-state index contributed by atoms with van der Waals surface area (Å²) >= 11 is 2.33. The van der Waals surface area contributed by atoms with Gasteiger partial charge in [0.15, 0.2) is 0 Å². The summed E-state index contributed by atoms with van der Waals surface area (Å²) in [6.07, 6.45) is 4.78. The second-order valence-electron chi connectivity index (χ2n) is 4.40. The van der Waals surface area contributed by atoms with Gasteiger partial charge in [0.2, 0.25) is 0 Å². The Morgan fingerprint density at radius 3 is 2.56 bits per heavy atom. The van der Waals surface area contributed by atoms with Gasteiger partial charge in [-0.25, -0.2) is 0 Å². The highest BCUT2D eigenvalue weighted by Crippen LogP contribution is 2.21. The molecule has 0 aliphatic carbocycles. The first kappa shape index (κ1) is 13.5. The summed E-state index contributed by atoms with van der Waals surface area (Å²) < 4.78 is 1.28. The first-order valence-corrected chi connectivity index (χ1v) is 7.11. The molecule has 2 rings (SSSR count). The Labute approximate surface area is 122 Å². The van der Waals surface area contributed by atoms with Crippen LogP contribution in [-0.4, -0.2) is 12.0 Å². The van der Waals surface area contributed by atoms with Gasteiger partial charge in [-0.15, -0.1) is 0 Å². The van der Waals surface area contributed by atoms with E-state index < -0.39 is 0 Å². The molecule has 0 aliphatic heterocycles. The van der Waals surface area contributed by atoms with E-state index in [1.807, 2.05) is 19.4 Å². The zero-order chi connectivity index (χ0) is 13.0. The molecular weight excluding hydrogens is 335 g/mol. The van der Waals surface area contributed by atoms with Crippen LogP contribution in [0.2, 0.25) is 0 Å². The van der Waals surface area contributed by atoms with Gasteiger partial charge < -0.3 is 5.32 Å². The van der Waals surface area contributed by atoms with Crippen molar-refractivity contribution < 1.29 is 0 Å². The van der Waals surface area contributed by atoms with Crippen LogP contribution in [0, 0.1) is 10.5 Å². The van der Waals surface area contributed by atoms with Crippen molar-refractivity contribution in [2.45, 2.75) is 19.4 Å². The van der Waals surface area contributed by atoms with Gasteiger partial charge in [0.05, 0.1) is 0 Å². The van der Waals surface area contributed by atoms with Crippen LogP contribution in [0.1, 0.15) is 22.7 Å². The number of hydrogen-bond acceptors (Lipinski definition) is 2. The van der Waals surface area contributed by atoms with E-state index >= 15 is 0 Å². The summed E-state index contributed by atoms with van der Waals surface area (Å²) in [6, 6.07) is 11.1. The number of halogens is 1. The van der Waals surface area contributed by atoms with Crippen molar-refractivity contribution in [1.82, 2.24) is 10.3 Å². The zero-order valence-corrected chi connectivity index (χ0v) is 12.8. The first-order chi connectivity index (χ1) is 8.70. The van der Waals surface area contributed by atoms with Crippen LogP contribution in [-0.2, 0) is 6.42 Å². The van der Waals surface area contributed by atoms with Crippen LogP contribution < -0.4 is 5.32 Å². The summed E-state index contributed by atoms with van der Waals surface area (Å²) in [5, 5.41) is 3.39. The van der Waals surface area contributed by atoms with Crippen LogP contribution in [0.15, 0.2) is 42.7 Å². The van der Waals surface area contributed by atoms with E-state index in [1.165, 1.54) is 20.3 Å². The van der Waals surface area contributed by atoms with Gasteiger partial charge in [-0.05, 0) is 77.9 Å². The van der Waals surface area contributed by atoms with E-state index in [9.17, 15) is 0 Å². The summed E-state index contributed by atoms with van der Waals surface area (Å²) in [4.78, 5) is 4.15. The third-order valence-corrected chi connectivity index (χ3v) is 3.86. The van der Waals surface area contributed by atoms with Crippen LogP contribution in [0.3, 0.4) is 0 Å². The highest BCUT2D eigenvalue weighted by Gasteiger charge is 2.12. The molecule has 1 unspecified atom stereocenters. The van der Waals surface area contributed by atoms with Crippen molar-refractivity contribution in [2.24, 2.45) is 0 Å². The lowest BCUT2D eigenvalue weighted by atomic mass is 9.97. The number of benzene rings is 1. The average molecular weight is 352 g/mol. The van der Waals surface area contributed by atoms with Gasteiger partial charge in [-0.1, -0.05) is 12.1 Å². The quantitative estimate of drug-likeness (QED) is 0.852. The van der Waals surface area contributed by atoms with Crippen LogP contribution in [0.4, 0.5) is 0 Å². The monoisotopic (exact) mass is 352 g/mol. The van der Waals surface area contributed by atoms with Gasteiger partial charge in [0.1, 0.15) is 0 Å². The summed E-state index contributed by atoms with van der Waals surface area (Å²) in [5.41, 5.74) is 3.92. The number of aromatic nitrogens is 1. The Balaban J connectivity index is 2.20. The number of aryl methyl sites for hydroxylation is 1. The maximum atomic E-state index is 4.15. The first-order valence-electron chi connectivity index (χ1n) is 6.03. The lowest BCUT2D eigenvalue weighted by molar-refractivity contribution is 0.588. The fourth-order valence-corrected chi connectivity index (χ4v) is 2.46. The van der Waals surface area contributed by atoms with Gasteiger partial charge in [-0.2, -0.15) is 0 Å². The van der Waals surface area contributed by atoms with E-state index in [-0.39, 0.29) is 0 Å². The van der Waals surface area contributed by atoms with Gasteiger partial charge >= 0.3 is 0 Å². The maximum Gasteiger partial charge on any atom is 0.0362 e. The SMILES string of the molecule is CNC(Cc1ccc(I)cc1)c1ccncc1C. The second kappa shape index (κ2) is 6.29. The molecule has 1 aromatic heterocycles. The molecule has 0 aliphatic rings. The molecule has 1 heterocycles. The summed E-state index contributed by atoms with van der Waals surface area (Å²) in [6.45, 7) is 2.11. The van der Waals surface area contributed by atoms with Crippen molar-refractivity contribution in [1.29, 1.82) is 0 Å². The Morgan fingerprint density at radius 1 is 1.22 bits per heavy atom. The standard InChI is InChI=1S/C15H17IN2/c1-11-10-18-8-7-14(11)15(17-2)9-12-3-5-13(16)6-4-12/h3-8,10,15,17H,9H2,1-2H3. The molecule has 3 heteroatoms. The van der Waals surface area contributed by atoms with E-state index in [1.54, 1.807) is 0 Å². The fourth-order valence-electron chi connectivity index (χ4n) is 2.10. The predicted octanol–water partition coefficient (Wildman–Crippen LogP) is 3.50. The third kappa shape index (κ3) is 3.29. The molecule has 0 amide bonds. The highest BCUT2D eigenvalue weighted by molar-refractivity contribution is 14.1. The molecule has 0 fully saturated rings. The van der Waals surface area contributed by atoms with Crippen molar-refractivity contribution in [2.75, 3.05) is 7.05 Å². The molecule has 0 saturated carbocycles. The molecular formula is C15H17IN2. The van der Waals surface area contributed by atoms with E-state index in [0.717, 1.165) is 6.42 Å². The number of hydrogen-bond donors (Lipinski definition) is 1. The summed E-state index contributed by atoms with van der Waals surface area (Å²) in [5.74, 6) is 0. The van der Waals surface area contributed by atoms with E-state index in [0.29, 0.717) is 6.04 Å². The second-order valence-corrected chi connectivity index (χ2v) is 5.65. The van der Waals surface area contributed by atoms with E-state index in [2.05, 4.69) is 70.1 Å². The Hall–Kier alpha value is -0.940. The molecule has 94 valence electrons. The molecule has 1 atom stereocenters. The minimum atomic E-state index is 0.341. The average Bonchev–Trinajstić information content (AvgIpc) is 2.39. The van der Waals surface area contributed by atoms with Gasteiger partial charge in [-0.3, -0.25) is 4.98 Å². The molecule has 0 spiro atoms. The largest absolute Gasteiger partial charge is 0.313 e. The van der Waals surface area contributed by atoms with Crippen molar-refractivity contribution in [3.63, 3.8) is 0 Å².